The molecular weight excluding hydrogens is 298 g/mol. The van der Waals surface area contributed by atoms with E-state index in [4.69, 9.17) is 9.84 Å². The van der Waals surface area contributed by atoms with Crippen molar-refractivity contribution in [2.24, 2.45) is 0 Å². The van der Waals surface area contributed by atoms with E-state index in [1.165, 1.54) is 13.2 Å². The van der Waals surface area contributed by atoms with Crippen molar-refractivity contribution in [3.63, 3.8) is 0 Å². The molecule has 0 spiro atoms. The molecular formula is C16H19N3O4. The highest BCUT2D eigenvalue weighted by atomic mass is 16.5. The van der Waals surface area contributed by atoms with Crippen LogP contribution in [0.1, 0.15) is 10.5 Å². The smallest absolute Gasteiger partial charge is 0.269 e. The van der Waals surface area contributed by atoms with E-state index in [9.17, 15) is 9.90 Å². The van der Waals surface area contributed by atoms with Gasteiger partial charge in [-0.25, -0.2) is 0 Å². The number of benzene rings is 1. The molecule has 1 aromatic carbocycles. The van der Waals surface area contributed by atoms with E-state index in [1.807, 2.05) is 0 Å². The highest BCUT2D eigenvalue weighted by Gasteiger charge is 2.07. The second kappa shape index (κ2) is 8.11. The maximum Gasteiger partial charge on any atom is 0.269 e. The van der Waals surface area contributed by atoms with Gasteiger partial charge >= 0.3 is 0 Å². The van der Waals surface area contributed by atoms with Crippen molar-refractivity contribution < 1.29 is 19.7 Å². The number of aliphatic hydroxyl groups excluding tert-OH is 2. The molecule has 122 valence electrons. The number of amides is 1. The topological polar surface area (TPSA) is 104 Å². The van der Waals surface area contributed by atoms with Crippen LogP contribution in [0.4, 0.5) is 5.69 Å². The van der Waals surface area contributed by atoms with Crippen LogP contribution in [0.25, 0.3) is 0 Å². The van der Waals surface area contributed by atoms with Gasteiger partial charge in [-0.2, -0.15) is 0 Å². The number of hydrogen-bond donors (Lipinski definition) is 4. The third kappa shape index (κ3) is 4.94. The summed E-state index contributed by atoms with van der Waals surface area (Å²) in [6.45, 7) is -0.0273. The minimum atomic E-state index is -0.800. The van der Waals surface area contributed by atoms with Crippen LogP contribution >= 0.6 is 0 Å². The lowest BCUT2D eigenvalue weighted by atomic mass is 10.2. The first kappa shape index (κ1) is 16.7. The molecule has 1 aromatic heterocycles. The minimum Gasteiger partial charge on any atom is -0.457 e. The van der Waals surface area contributed by atoms with Crippen molar-refractivity contribution in [3.05, 3.63) is 48.3 Å². The van der Waals surface area contributed by atoms with Gasteiger partial charge < -0.3 is 25.6 Å². The summed E-state index contributed by atoms with van der Waals surface area (Å²) in [4.78, 5) is 15.5. The van der Waals surface area contributed by atoms with Gasteiger partial charge in [-0.1, -0.05) is 0 Å². The highest BCUT2D eigenvalue weighted by molar-refractivity contribution is 5.92. The van der Waals surface area contributed by atoms with Gasteiger partial charge in [-0.3, -0.25) is 9.78 Å². The number of carbonyl (C=O) groups is 1. The average Bonchev–Trinajstić information content (AvgIpc) is 2.60. The molecule has 1 atom stereocenters. The number of aromatic nitrogens is 1. The molecule has 7 heteroatoms. The van der Waals surface area contributed by atoms with Gasteiger partial charge in [0, 0.05) is 31.5 Å². The van der Waals surface area contributed by atoms with Crippen LogP contribution in [0.3, 0.4) is 0 Å². The van der Waals surface area contributed by atoms with Crippen LogP contribution in [0.15, 0.2) is 42.6 Å². The van der Waals surface area contributed by atoms with Crippen molar-refractivity contribution in [2.45, 2.75) is 6.10 Å². The zero-order valence-corrected chi connectivity index (χ0v) is 12.7. The maximum atomic E-state index is 11.5. The number of ether oxygens (including phenoxy) is 1. The van der Waals surface area contributed by atoms with Gasteiger partial charge in [0.15, 0.2) is 0 Å². The van der Waals surface area contributed by atoms with Crippen LogP contribution < -0.4 is 15.4 Å². The molecule has 1 unspecified atom stereocenters. The number of nitrogens with zero attached hydrogens (tertiary/aromatic N) is 1. The summed E-state index contributed by atoms with van der Waals surface area (Å²) in [5.41, 5.74) is 1.08. The Bertz CT molecular complexity index is 646. The minimum absolute atomic E-state index is 0.260. The largest absolute Gasteiger partial charge is 0.457 e. The first-order valence-electron chi connectivity index (χ1n) is 7.11. The number of aliphatic hydroxyl groups is 2. The normalized spacial score (nSPS) is 11.6. The first-order chi connectivity index (χ1) is 11.1. The second-order valence-electron chi connectivity index (χ2n) is 4.80. The Hall–Kier alpha value is -2.64. The van der Waals surface area contributed by atoms with Crippen molar-refractivity contribution in [1.82, 2.24) is 10.3 Å². The van der Waals surface area contributed by atoms with E-state index >= 15 is 0 Å². The lowest BCUT2D eigenvalue weighted by Crippen LogP contribution is -2.22. The molecule has 2 aromatic rings. The Labute approximate surface area is 133 Å². The summed E-state index contributed by atoms with van der Waals surface area (Å²) < 4.78 is 5.68. The van der Waals surface area contributed by atoms with E-state index < -0.39 is 6.10 Å². The molecule has 7 nitrogen and oxygen atoms in total. The highest BCUT2D eigenvalue weighted by Crippen LogP contribution is 2.23. The molecule has 0 aliphatic rings. The van der Waals surface area contributed by atoms with Crippen molar-refractivity contribution in [3.8, 4) is 11.5 Å². The number of anilines is 1. The van der Waals surface area contributed by atoms with E-state index in [1.54, 1.807) is 36.4 Å². The van der Waals surface area contributed by atoms with E-state index in [0.29, 0.717) is 11.5 Å². The van der Waals surface area contributed by atoms with Gasteiger partial charge in [0.25, 0.3) is 5.91 Å². The number of carbonyl (C=O) groups excluding carboxylic acids is 1. The van der Waals surface area contributed by atoms with E-state index in [0.717, 1.165) is 5.69 Å². The van der Waals surface area contributed by atoms with Crippen molar-refractivity contribution in [2.75, 3.05) is 25.5 Å². The van der Waals surface area contributed by atoms with Gasteiger partial charge in [0.1, 0.15) is 17.2 Å². The molecule has 1 heterocycles. The van der Waals surface area contributed by atoms with Crippen LogP contribution in [-0.4, -0.2) is 47.4 Å². The Morgan fingerprint density at radius 2 is 2.00 bits per heavy atom. The molecule has 0 radical (unpaired) electrons. The third-order valence-corrected chi connectivity index (χ3v) is 3.03. The zero-order chi connectivity index (χ0) is 16.7. The van der Waals surface area contributed by atoms with Gasteiger partial charge in [-0.05, 0) is 30.3 Å². The molecule has 2 rings (SSSR count). The molecule has 4 N–H and O–H groups in total. The van der Waals surface area contributed by atoms with Crippen LogP contribution in [0.2, 0.25) is 0 Å². The summed E-state index contributed by atoms with van der Waals surface area (Å²) in [6.07, 6.45) is 0.706. The summed E-state index contributed by atoms with van der Waals surface area (Å²) in [7, 11) is 1.54. The lowest BCUT2D eigenvalue weighted by molar-refractivity contribution is 0.0958. The fraction of sp³-hybridized carbons (Fsp3) is 0.250. The van der Waals surface area contributed by atoms with Crippen molar-refractivity contribution in [1.29, 1.82) is 0 Å². The molecule has 0 bridgehead atoms. The van der Waals surface area contributed by atoms with Crippen molar-refractivity contribution >= 4 is 11.6 Å². The molecule has 0 aliphatic heterocycles. The first-order valence-corrected chi connectivity index (χ1v) is 7.11. The second-order valence-corrected chi connectivity index (χ2v) is 4.80. The number of nitrogens with one attached hydrogen (secondary N) is 2. The Kier molecular flexibility index (Phi) is 5.90. The number of rotatable bonds is 7. The molecule has 23 heavy (non-hydrogen) atoms. The van der Waals surface area contributed by atoms with Crippen LogP contribution in [0, 0.1) is 0 Å². The predicted octanol–water partition coefficient (Wildman–Crippen LogP) is 0.999. The predicted molar refractivity (Wildman–Crippen MR) is 85.7 cm³/mol. The Morgan fingerprint density at radius 3 is 2.65 bits per heavy atom. The number of hydrogen-bond acceptors (Lipinski definition) is 6. The molecule has 1 amide bonds. The SMILES string of the molecule is CNC(=O)c1cc(Oc2ccc(NCC(O)CO)cc2)ccn1. The summed E-state index contributed by atoms with van der Waals surface area (Å²) >= 11 is 0. The maximum absolute atomic E-state index is 11.5. The van der Waals surface area contributed by atoms with Gasteiger partial charge in [0.05, 0.1) is 12.7 Å². The van der Waals surface area contributed by atoms with Gasteiger partial charge in [-0.15, -0.1) is 0 Å². The summed E-state index contributed by atoms with van der Waals surface area (Å²) in [5, 5.41) is 23.5. The van der Waals surface area contributed by atoms with Gasteiger partial charge in [0.2, 0.25) is 0 Å². The van der Waals surface area contributed by atoms with Crippen LogP contribution in [0.5, 0.6) is 11.5 Å². The lowest BCUT2D eigenvalue weighted by Gasteiger charge is -2.11. The quantitative estimate of drug-likeness (QED) is 0.607. The molecule has 0 aliphatic carbocycles. The molecule has 0 saturated carbocycles. The molecule has 0 fully saturated rings. The third-order valence-electron chi connectivity index (χ3n) is 3.03. The monoisotopic (exact) mass is 317 g/mol. The standard InChI is InChI=1S/C16H19N3O4/c1-17-16(22)15-8-14(6-7-18-15)23-13-4-2-11(3-5-13)19-9-12(21)10-20/h2-8,12,19-21H,9-10H2,1H3,(H,17,22). The summed E-state index contributed by atoms with van der Waals surface area (Å²) in [6, 6.07) is 10.3. The van der Waals surface area contributed by atoms with E-state index in [2.05, 4.69) is 15.6 Å². The van der Waals surface area contributed by atoms with Crippen LogP contribution in [-0.2, 0) is 0 Å². The zero-order valence-electron chi connectivity index (χ0n) is 12.7. The fourth-order valence-corrected chi connectivity index (χ4v) is 1.80. The van der Waals surface area contributed by atoms with E-state index in [-0.39, 0.29) is 24.8 Å². The average molecular weight is 317 g/mol. The molecule has 0 saturated heterocycles. The number of pyridine rings is 1. The summed E-state index contributed by atoms with van der Waals surface area (Å²) in [5.74, 6) is 0.833. The Morgan fingerprint density at radius 1 is 1.26 bits per heavy atom. The Balaban J connectivity index is 1.99. The fourth-order valence-electron chi connectivity index (χ4n) is 1.80.